The molecule has 0 aromatic rings. The van der Waals surface area contributed by atoms with Gasteiger partial charge in [0.25, 0.3) is 0 Å². The lowest BCUT2D eigenvalue weighted by molar-refractivity contribution is -0.185. The van der Waals surface area contributed by atoms with Gasteiger partial charge in [0.05, 0.1) is 0 Å². The van der Waals surface area contributed by atoms with Crippen LogP contribution in [0.5, 0.6) is 0 Å². The minimum Gasteiger partial charge on any atom is -0.463 e. The maximum absolute atomic E-state index is 13.3. The molecule has 0 aliphatic heterocycles. The van der Waals surface area contributed by atoms with E-state index >= 15 is 0 Å². The van der Waals surface area contributed by atoms with E-state index in [0.717, 1.165) is 38.5 Å². The molecule has 0 aromatic heterocycles. The monoisotopic (exact) mass is 360 g/mol. The molecule has 4 aliphatic carbocycles. The van der Waals surface area contributed by atoms with Crippen molar-refractivity contribution < 1.29 is 19.1 Å². The van der Waals surface area contributed by atoms with Crippen LogP contribution in [0.4, 0.5) is 0 Å². The van der Waals surface area contributed by atoms with E-state index in [1.54, 1.807) is 0 Å². The Labute approximate surface area is 156 Å². The molecular weight excluding hydrogens is 328 g/mol. The molecule has 4 fully saturated rings. The number of carbonyl (C=O) groups excluding carboxylic acids is 3. The first-order valence-electron chi connectivity index (χ1n) is 10.3. The number of rotatable bonds is 1. The molecule has 0 radical (unpaired) electrons. The number of carbonyl (C=O) groups is 3. The average Bonchev–Trinajstić information content (AvgIpc) is 2.84. The van der Waals surface area contributed by atoms with Gasteiger partial charge in [0.2, 0.25) is 0 Å². The molecule has 7 atom stereocenters. The molecular formula is C22H32O4. The van der Waals surface area contributed by atoms with Crippen LogP contribution in [-0.2, 0) is 19.1 Å². The number of esters is 1. The van der Waals surface area contributed by atoms with E-state index in [4.69, 9.17) is 4.74 Å². The van der Waals surface area contributed by atoms with Gasteiger partial charge in [-0.05, 0) is 61.2 Å². The van der Waals surface area contributed by atoms with Crippen LogP contribution >= 0.6 is 0 Å². The van der Waals surface area contributed by atoms with Gasteiger partial charge >= 0.3 is 5.97 Å². The molecule has 26 heavy (non-hydrogen) atoms. The number of fused-ring (bicyclic) bond motifs is 5. The minimum absolute atomic E-state index is 0.0585. The molecule has 0 N–H and O–H groups in total. The van der Waals surface area contributed by atoms with Gasteiger partial charge in [0, 0.05) is 31.1 Å². The van der Waals surface area contributed by atoms with Crippen LogP contribution in [0, 0.1) is 34.0 Å². The fourth-order valence-electron chi connectivity index (χ4n) is 7.42. The number of ether oxygens (including phenoxy) is 1. The summed E-state index contributed by atoms with van der Waals surface area (Å²) in [5.74, 6) is 1.20. The van der Waals surface area contributed by atoms with Crippen LogP contribution in [0.1, 0.15) is 79.1 Å². The molecule has 4 rings (SSSR count). The van der Waals surface area contributed by atoms with Crippen molar-refractivity contribution in [3.8, 4) is 0 Å². The highest BCUT2D eigenvalue weighted by Gasteiger charge is 2.66. The summed E-state index contributed by atoms with van der Waals surface area (Å²) in [5.41, 5.74) is -0.287. The van der Waals surface area contributed by atoms with Crippen molar-refractivity contribution >= 4 is 17.5 Å². The van der Waals surface area contributed by atoms with Crippen LogP contribution in [0.15, 0.2) is 0 Å². The summed E-state index contributed by atoms with van der Waals surface area (Å²) < 4.78 is 5.53. The van der Waals surface area contributed by atoms with E-state index in [0.29, 0.717) is 30.3 Å². The topological polar surface area (TPSA) is 60.4 Å². The highest BCUT2D eigenvalue weighted by Crippen LogP contribution is 2.68. The van der Waals surface area contributed by atoms with Crippen LogP contribution in [0.25, 0.3) is 0 Å². The van der Waals surface area contributed by atoms with Crippen molar-refractivity contribution in [3.05, 3.63) is 0 Å². The maximum atomic E-state index is 13.3. The Morgan fingerprint density at radius 2 is 1.77 bits per heavy atom. The SMILES string of the molecule is CC(=O)O[C@H]1CC[C@]2(C)[C@@H]3CC[C@@]4(C)C(=O)CC[C@@H]4[C@@H]3C(=O)C[C@@]2(C)C1. The summed E-state index contributed by atoms with van der Waals surface area (Å²) in [6, 6.07) is 0. The third kappa shape index (κ3) is 2.29. The zero-order valence-electron chi connectivity index (χ0n) is 16.6. The molecule has 0 amide bonds. The van der Waals surface area contributed by atoms with Gasteiger partial charge in [-0.15, -0.1) is 0 Å². The van der Waals surface area contributed by atoms with Gasteiger partial charge in [-0.2, -0.15) is 0 Å². The highest BCUT2D eigenvalue weighted by molar-refractivity contribution is 5.90. The third-order valence-electron chi connectivity index (χ3n) is 9.11. The zero-order chi connectivity index (χ0) is 18.9. The first-order valence-corrected chi connectivity index (χ1v) is 10.3. The van der Waals surface area contributed by atoms with Crippen molar-refractivity contribution in [2.24, 2.45) is 34.0 Å². The second-order valence-corrected chi connectivity index (χ2v) is 10.3. The molecule has 4 saturated carbocycles. The third-order valence-corrected chi connectivity index (χ3v) is 9.11. The second-order valence-electron chi connectivity index (χ2n) is 10.3. The molecule has 0 heterocycles. The predicted molar refractivity (Wildman–Crippen MR) is 97.3 cm³/mol. The number of hydrogen-bond donors (Lipinski definition) is 0. The quantitative estimate of drug-likeness (QED) is 0.661. The van der Waals surface area contributed by atoms with Crippen LogP contribution in [0.3, 0.4) is 0 Å². The maximum Gasteiger partial charge on any atom is 0.302 e. The van der Waals surface area contributed by atoms with Crippen molar-refractivity contribution in [3.63, 3.8) is 0 Å². The highest BCUT2D eigenvalue weighted by atomic mass is 16.5. The molecule has 4 heteroatoms. The zero-order valence-corrected chi connectivity index (χ0v) is 16.6. The fraction of sp³-hybridized carbons (Fsp3) is 0.864. The summed E-state index contributed by atoms with van der Waals surface area (Å²) in [4.78, 5) is 37.3. The van der Waals surface area contributed by atoms with Gasteiger partial charge < -0.3 is 4.74 Å². The Balaban J connectivity index is 1.66. The fourth-order valence-corrected chi connectivity index (χ4v) is 7.42. The molecule has 4 nitrogen and oxygen atoms in total. The minimum atomic E-state index is -0.268. The van der Waals surface area contributed by atoms with Crippen LogP contribution in [0.2, 0.25) is 0 Å². The van der Waals surface area contributed by atoms with Crippen molar-refractivity contribution in [2.75, 3.05) is 0 Å². The van der Waals surface area contributed by atoms with E-state index in [2.05, 4.69) is 20.8 Å². The van der Waals surface area contributed by atoms with Gasteiger partial charge in [0.15, 0.2) is 0 Å². The lowest BCUT2D eigenvalue weighted by atomic mass is 9.40. The summed E-state index contributed by atoms with van der Waals surface area (Å²) in [7, 11) is 0. The van der Waals surface area contributed by atoms with E-state index in [9.17, 15) is 14.4 Å². The van der Waals surface area contributed by atoms with Gasteiger partial charge in [0.1, 0.15) is 17.7 Å². The van der Waals surface area contributed by atoms with Gasteiger partial charge in [-0.3, -0.25) is 14.4 Å². The Kier molecular flexibility index (Phi) is 3.95. The summed E-state index contributed by atoms with van der Waals surface area (Å²) in [5, 5.41) is 0. The smallest absolute Gasteiger partial charge is 0.302 e. The summed E-state index contributed by atoms with van der Waals surface area (Å²) >= 11 is 0. The number of hydrogen-bond acceptors (Lipinski definition) is 4. The molecule has 0 aromatic carbocycles. The molecule has 144 valence electrons. The van der Waals surface area contributed by atoms with Crippen LogP contribution in [-0.4, -0.2) is 23.6 Å². The lowest BCUT2D eigenvalue weighted by Gasteiger charge is -2.63. The second kappa shape index (κ2) is 5.65. The van der Waals surface area contributed by atoms with Crippen molar-refractivity contribution in [2.45, 2.75) is 85.2 Å². The number of Topliss-reactive ketones (excluding diaryl/α,β-unsaturated/α-hetero) is 2. The largest absolute Gasteiger partial charge is 0.463 e. The molecule has 4 aliphatic rings. The lowest BCUT2D eigenvalue weighted by Crippen LogP contribution is -2.61. The first kappa shape index (κ1) is 18.2. The normalized spacial score (nSPS) is 50.6. The van der Waals surface area contributed by atoms with E-state index in [1.165, 1.54) is 6.92 Å². The summed E-state index contributed by atoms with van der Waals surface area (Å²) in [6.07, 6.45) is 6.67. The predicted octanol–water partition coefficient (Wildman–Crippen LogP) is 4.10. The molecule has 0 spiro atoms. The standard InChI is InChI=1S/C22H32O4/c1-13(23)26-14-7-10-22(4)16-8-9-21(3)15(5-6-18(21)25)19(16)17(24)12-20(22,2)11-14/h14-16,19H,5-12H2,1-4H3/t14-,15+,16+,19-,20+,21+,22+/m0/s1. The molecule has 0 unspecified atom stereocenters. The van der Waals surface area contributed by atoms with Gasteiger partial charge in [-0.1, -0.05) is 20.8 Å². The van der Waals surface area contributed by atoms with Crippen molar-refractivity contribution in [1.82, 2.24) is 0 Å². The van der Waals surface area contributed by atoms with Gasteiger partial charge in [-0.25, -0.2) is 0 Å². The Morgan fingerprint density at radius 3 is 2.46 bits per heavy atom. The Morgan fingerprint density at radius 1 is 1.04 bits per heavy atom. The van der Waals surface area contributed by atoms with E-state index in [-0.39, 0.29) is 40.2 Å². The Bertz CT molecular complexity index is 669. The van der Waals surface area contributed by atoms with E-state index < -0.39 is 0 Å². The molecule has 0 saturated heterocycles. The van der Waals surface area contributed by atoms with Crippen molar-refractivity contribution in [1.29, 1.82) is 0 Å². The molecule has 0 bridgehead atoms. The Hall–Kier alpha value is -1.19. The summed E-state index contributed by atoms with van der Waals surface area (Å²) in [6.45, 7) is 8.20. The average molecular weight is 360 g/mol. The van der Waals surface area contributed by atoms with Crippen LogP contribution < -0.4 is 0 Å². The first-order chi connectivity index (χ1) is 12.1. The van der Waals surface area contributed by atoms with E-state index in [1.807, 2.05) is 0 Å². The number of ketones is 2.